The second-order valence-electron chi connectivity index (χ2n) is 2.97. The number of carboxylic acid groups (broad SMARTS) is 1. The third-order valence-corrected chi connectivity index (χ3v) is 1.68. The van der Waals surface area contributed by atoms with Gasteiger partial charge in [-0.2, -0.15) is 0 Å². The number of carbonyl (C=O) groups is 2. The van der Waals surface area contributed by atoms with Gasteiger partial charge in [-0.1, -0.05) is 6.58 Å². The molecule has 78 valence electrons. The molecule has 0 aliphatic heterocycles. The molecule has 1 aromatic carbocycles. The van der Waals surface area contributed by atoms with Crippen molar-refractivity contribution in [2.75, 3.05) is 0 Å². The normalized spacial score (nSPS) is 9.40. The smallest absolute Gasteiger partial charge is 0.335 e. The van der Waals surface area contributed by atoms with E-state index in [4.69, 9.17) is 9.84 Å². The van der Waals surface area contributed by atoms with Gasteiger partial charge in [0.15, 0.2) is 0 Å². The lowest BCUT2D eigenvalue weighted by Crippen LogP contribution is -2.05. The molecule has 0 aliphatic carbocycles. The van der Waals surface area contributed by atoms with Gasteiger partial charge in [-0.25, -0.2) is 9.59 Å². The molecule has 0 heterocycles. The quantitative estimate of drug-likeness (QED) is 0.465. The Bertz CT molecular complexity index is 421. The third-order valence-electron chi connectivity index (χ3n) is 1.68. The van der Waals surface area contributed by atoms with Crippen LogP contribution in [0.2, 0.25) is 0 Å². The van der Waals surface area contributed by atoms with Crippen LogP contribution in [0.3, 0.4) is 0 Å². The van der Waals surface area contributed by atoms with Crippen molar-refractivity contribution < 1.29 is 19.4 Å². The van der Waals surface area contributed by atoms with Crippen LogP contribution in [0, 0.1) is 6.92 Å². The maximum absolute atomic E-state index is 10.9. The Labute approximate surface area is 86.8 Å². The Morgan fingerprint density at radius 1 is 1.40 bits per heavy atom. The maximum Gasteiger partial charge on any atom is 0.335 e. The highest BCUT2D eigenvalue weighted by Crippen LogP contribution is 2.17. The van der Waals surface area contributed by atoms with Crippen LogP contribution in [0.15, 0.2) is 30.9 Å². The number of aryl methyl sites for hydroxylation is 1. The molecule has 1 N–H and O–H groups in total. The van der Waals surface area contributed by atoms with E-state index in [1.807, 2.05) is 0 Å². The van der Waals surface area contributed by atoms with Gasteiger partial charge in [-0.15, -0.1) is 0 Å². The van der Waals surface area contributed by atoms with E-state index >= 15 is 0 Å². The first-order valence-electron chi connectivity index (χ1n) is 4.22. The summed E-state index contributed by atoms with van der Waals surface area (Å²) in [5.74, 6) is -1.47. The fourth-order valence-electron chi connectivity index (χ4n) is 1.09. The minimum absolute atomic E-state index is 0.0851. The summed E-state index contributed by atoms with van der Waals surface area (Å²) in [6.45, 7) is 4.97. The summed E-state index contributed by atoms with van der Waals surface area (Å²) >= 11 is 0. The van der Waals surface area contributed by atoms with E-state index in [0.717, 1.165) is 6.08 Å². The fraction of sp³-hybridized carbons (Fsp3) is 0.0909. The first-order chi connectivity index (χ1) is 7.02. The van der Waals surface area contributed by atoms with Crippen molar-refractivity contribution in [2.24, 2.45) is 0 Å². The predicted octanol–water partition coefficient (Wildman–Crippen LogP) is 1.78. The fourth-order valence-corrected chi connectivity index (χ4v) is 1.09. The van der Waals surface area contributed by atoms with Gasteiger partial charge in [-0.3, -0.25) is 0 Å². The largest absolute Gasteiger partial charge is 0.478 e. The zero-order valence-electron chi connectivity index (χ0n) is 8.19. The van der Waals surface area contributed by atoms with Crippen molar-refractivity contribution >= 4 is 11.9 Å². The Balaban J connectivity index is 3.03. The standard InChI is InChI=1S/C11H10O4/c1-3-10(12)15-9-5-7(2)4-8(6-9)11(13)14/h3-6H,1H2,2H3,(H,13,14). The van der Waals surface area contributed by atoms with Gasteiger partial charge in [0, 0.05) is 6.08 Å². The number of aromatic carboxylic acids is 1. The Morgan fingerprint density at radius 3 is 2.60 bits per heavy atom. The van der Waals surface area contributed by atoms with Crippen LogP contribution in [0.5, 0.6) is 5.75 Å². The summed E-state index contributed by atoms with van der Waals surface area (Å²) in [5, 5.41) is 8.76. The number of rotatable bonds is 3. The minimum atomic E-state index is -1.06. The molecule has 0 atom stereocenters. The molecule has 4 nitrogen and oxygen atoms in total. The molecular formula is C11H10O4. The second-order valence-corrected chi connectivity index (χ2v) is 2.97. The molecule has 15 heavy (non-hydrogen) atoms. The lowest BCUT2D eigenvalue weighted by molar-refractivity contribution is -0.128. The Kier molecular flexibility index (Phi) is 3.23. The topological polar surface area (TPSA) is 63.6 Å². The van der Waals surface area contributed by atoms with Crippen LogP contribution >= 0.6 is 0 Å². The minimum Gasteiger partial charge on any atom is -0.478 e. The number of esters is 1. The molecule has 0 unspecified atom stereocenters. The van der Waals surface area contributed by atoms with E-state index in [9.17, 15) is 9.59 Å². The van der Waals surface area contributed by atoms with Crippen LogP contribution in [0.4, 0.5) is 0 Å². The van der Waals surface area contributed by atoms with E-state index in [1.54, 1.807) is 13.0 Å². The average molecular weight is 206 g/mol. The summed E-state index contributed by atoms with van der Waals surface area (Å²) in [6.07, 6.45) is 1.02. The molecule has 0 saturated carbocycles. The van der Waals surface area contributed by atoms with Crippen LogP contribution in [0.1, 0.15) is 15.9 Å². The molecule has 0 aromatic heterocycles. The lowest BCUT2D eigenvalue weighted by atomic mass is 10.1. The summed E-state index contributed by atoms with van der Waals surface area (Å²) in [4.78, 5) is 21.6. The summed E-state index contributed by atoms with van der Waals surface area (Å²) in [7, 11) is 0. The summed E-state index contributed by atoms with van der Waals surface area (Å²) in [5.41, 5.74) is 0.795. The SMILES string of the molecule is C=CC(=O)Oc1cc(C)cc(C(=O)O)c1. The summed E-state index contributed by atoms with van der Waals surface area (Å²) < 4.78 is 4.81. The molecule has 1 rings (SSSR count). The highest BCUT2D eigenvalue weighted by molar-refractivity contribution is 5.89. The van der Waals surface area contributed by atoms with Crippen LogP contribution in [-0.4, -0.2) is 17.0 Å². The van der Waals surface area contributed by atoms with Gasteiger partial charge in [0.05, 0.1) is 5.56 Å². The molecule has 0 radical (unpaired) electrons. The van der Waals surface area contributed by atoms with Crippen molar-refractivity contribution in [3.8, 4) is 5.75 Å². The Hall–Kier alpha value is -2.10. The monoisotopic (exact) mass is 206 g/mol. The number of carboxylic acids is 1. The lowest BCUT2D eigenvalue weighted by Gasteiger charge is -2.04. The predicted molar refractivity (Wildman–Crippen MR) is 54.0 cm³/mol. The molecule has 0 amide bonds. The van der Waals surface area contributed by atoms with Crippen molar-refractivity contribution in [1.29, 1.82) is 0 Å². The number of hydrogen-bond donors (Lipinski definition) is 1. The van der Waals surface area contributed by atoms with Crippen molar-refractivity contribution in [1.82, 2.24) is 0 Å². The van der Waals surface area contributed by atoms with E-state index in [-0.39, 0.29) is 11.3 Å². The van der Waals surface area contributed by atoms with Gasteiger partial charge >= 0.3 is 11.9 Å². The van der Waals surface area contributed by atoms with E-state index in [0.29, 0.717) is 5.56 Å². The van der Waals surface area contributed by atoms with Crippen LogP contribution in [0.25, 0.3) is 0 Å². The molecule has 0 fully saturated rings. The third kappa shape index (κ3) is 2.95. The van der Waals surface area contributed by atoms with Crippen LogP contribution < -0.4 is 4.74 Å². The molecular weight excluding hydrogens is 196 g/mol. The first-order valence-corrected chi connectivity index (χ1v) is 4.22. The van der Waals surface area contributed by atoms with Gasteiger partial charge < -0.3 is 9.84 Å². The molecule has 0 spiro atoms. The van der Waals surface area contributed by atoms with E-state index in [1.165, 1.54) is 12.1 Å². The average Bonchev–Trinajstić information content (AvgIpc) is 2.16. The highest BCUT2D eigenvalue weighted by Gasteiger charge is 2.07. The van der Waals surface area contributed by atoms with Crippen molar-refractivity contribution in [2.45, 2.75) is 6.92 Å². The number of ether oxygens (including phenoxy) is 1. The zero-order valence-corrected chi connectivity index (χ0v) is 8.19. The molecule has 0 aliphatic rings. The molecule has 0 bridgehead atoms. The number of hydrogen-bond acceptors (Lipinski definition) is 3. The van der Waals surface area contributed by atoms with Gasteiger partial charge in [-0.05, 0) is 30.7 Å². The van der Waals surface area contributed by atoms with Crippen molar-refractivity contribution in [3.63, 3.8) is 0 Å². The van der Waals surface area contributed by atoms with Gasteiger partial charge in [0.1, 0.15) is 5.75 Å². The Morgan fingerprint density at radius 2 is 2.07 bits per heavy atom. The van der Waals surface area contributed by atoms with Crippen LogP contribution in [-0.2, 0) is 4.79 Å². The molecule has 4 heteroatoms. The van der Waals surface area contributed by atoms with E-state index in [2.05, 4.69) is 6.58 Å². The molecule has 0 saturated heterocycles. The van der Waals surface area contributed by atoms with E-state index < -0.39 is 11.9 Å². The highest BCUT2D eigenvalue weighted by atomic mass is 16.5. The summed E-state index contributed by atoms with van der Waals surface area (Å²) in [6, 6.07) is 4.36. The second kappa shape index (κ2) is 4.41. The molecule has 1 aromatic rings. The zero-order chi connectivity index (χ0) is 11.4. The number of carbonyl (C=O) groups excluding carboxylic acids is 1. The maximum atomic E-state index is 10.9. The van der Waals surface area contributed by atoms with Gasteiger partial charge in [0.2, 0.25) is 0 Å². The number of benzene rings is 1. The van der Waals surface area contributed by atoms with Crippen molar-refractivity contribution in [3.05, 3.63) is 42.0 Å². The first kappa shape index (κ1) is 11.0. The van der Waals surface area contributed by atoms with Gasteiger partial charge in [0.25, 0.3) is 0 Å².